The van der Waals surface area contributed by atoms with Crippen molar-refractivity contribution in [2.75, 3.05) is 6.54 Å². The molecule has 0 spiro atoms. The van der Waals surface area contributed by atoms with Crippen LogP contribution in [0.1, 0.15) is 30.8 Å². The third kappa shape index (κ3) is 4.33. The number of amides is 1. The van der Waals surface area contributed by atoms with Gasteiger partial charge in [0.25, 0.3) is 5.91 Å². The number of halogens is 1. The van der Waals surface area contributed by atoms with Crippen LogP contribution in [0, 0.1) is 5.92 Å². The summed E-state index contributed by atoms with van der Waals surface area (Å²) in [5, 5.41) is 8.24. The van der Waals surface area contributed by atoms with Gasteiger partial charge in [0.05, 0.1) is 11.4 Å². The van der Waals surface area contributed by atoms with Crippen LogP contribution in [0.4, 0.5) is 0 Å². The highest BCUT2D eigenvalue weighted by Crippen LogP contribution is 2.23. The predicted molar refractivity (Wildman–Crippen MR) is 106 cm³/mol. The molecule has 2 aromatic carbocycles. The molecule has 0 aliphatic carbocycles. The molecule has 1 aromatic heterocycles. The van der Waals surface area contributed by atoms with E-state index in [0.29, 0.717) is 23.2 Å². The molecule has 0 radical (unpaired) electrons. The highest BCUT2D eigenvalue weighted by atomic mass is 35.5. The minimum atomic E-state index is -0.139. The van der Waals surface area contributed by atoms with Gasteiger partial charge in [-0.25, -0.2) is 4.68 Å². The Morgan fingerprint density at radius 2 is 1.88 bits per heavy atom. The molecule has 4 nitrogen and oxygen atoms in total. The first-order chi connectivity index (χ1) is 12.5. The summed E-state index contributed by atoms with van der Waals surface area (Å²) < 4.78 is 1.65. The van der Waals surface area contributed by atoms with Gasteiger partial charge in [-0.15, -0.1) is 0 Å². The lowest BCUT2D eigenvalue weighted by Crippen LogP contribution is -2.27. The summed E-state index contributed by atoms with van der Waals surface area (Å²) in [7, 11) is 0. The molecule has 0 fully saturated rings. The lowest BCUT2D eigenvalue weighted by Gasteiger charge is -2.09. The van der Waals surface area contributed by atoms with Gasteiger partial charge in [0.2, 0.25) is 0 Å². The normalized spacial score (nSPS) is 10.9. The molecular weight excluding hydrogens is 346 g/mol. The monoisotopic (exact) mass is 367 g/mol. The first-order valence-electron chi connectivity index (χ1n) is 8.74. The van der Waals surface area contributed by atoms with Crippen molar-refractivity contribution in [3.8, 4) is 16.9 Å². The van der Waals surface area contributed by atoms with Gasteiger partial charge in [-0.3, -0.25) is 4.79 Å². The van der Waals surface area contributed by atoms with Crippen molar-refractivity contribution >= 4 is 17.5 Å². The zero-order chi connectivity index (χ0) is 18.5. The SMILES string of the molecule is CC(C)CCNC(=O)c1cc(-c2ccccc2)nn1-c1cccc(Cl)c1. The Bertz CT molecular complexity index is 887. The molecule has 1 N–H and O–H groups in total. The van der Waals surface area contributed by atoms with E-state index < -0.39 is 0 Å². The van der Waals surface area contributed by atoms with Crippen molar-refractivity contribution in [1.82, 2.24) is 15.1 Å². The maximum absolute atomic E-state index is 12.7. The summed E-state index contributed by atoms with van der Waals surface area (Å²) in [5.74, 6) is 0.397. The molecule has 0 saturated heterocycles. The van der Waals surface area contributed by atoms with E-state index in [4.69, 9.17) is 11.6 Å². The lowest BCUT2D eigenvalue weighted by atomic mass is 10.1. The molecule has 1 heterocycles. The summed E-state index contributed by atoms with van der Waals surface area (Å²) >= 11 is 6.13. The van der Waals surface area contributed by atoms with E-state index in [9.17, 15) is 4.79 Å². The molecule has 0 saturated carbocycles. The van der Waals surface area contributed by atoms with Gasteiger partial charge in [-0.1, -0.05) is 61.8 Å². The quantitative estimate of drug-likeness (QED) is 0.668. The van der Waals surface area contributed by atoms with E-state index in [1.165, 1.54) is 0 Å². The molecule has 0 bridgehead atoms. The number of nitrogens with zero attached hydrogens (tertiary/aromatic N) is 2. The highest BCUT2D eigenvalue weighted by Gasteiger charge is 2.17. The second kappa shape index (κ2) is 8.19. The Morgan fingerprint density at radius 3 is 2.58 bits per heavy atom. The number of nitrogens with one attached hydrogen (secondary N) is 1. The molecule has 3 aromatic rings. The third-order valence-electron chi connectivity index (χ3n) is 4.07. The molecule has 0 aliphatic heterocycles. The smallest absolute Gasteiger partial charge is 0.270 e. The minimum absolute atomic E-state index is 0.139. The molecule has 3 rings (SSSR count). The Labute approximate surface area is 158 Å². The van der Waals surface area contributed by atoms with Gasteiger partial charge in [-0.2, -0.15) is 5.10 Å². The van der Waals surface area contributed by atoms with E-state index in [-0.39, 0.29) is 5.91 Å². The Balaban J connectivity index is 1.98. The highest BCUT2D eigenvalue weighted by molar-refractivity contribution is 6.30. The molecule has 134 valence electrons. The number of benzene rings is 2. The van der Waals surface area contributed by atoms with Crippen LogP contribution in [0.15, 0.2) is 60.7 Å². The van der Waals surface area contributed by atoms with Gasteiger partial charge in [-0.05, 0) is 36.6 Å². The van der Waals surface area contributed by atoms with Crippen molar-refractivity contribution in [3.63, 3.8) is 0 Å². The lowest BCUT2D eigenvalue weighted by molar-refractivity contribution is 0.0944. The molecule has 0 atom stereocenters. The average molecular weight is 368 g/mol. The standard InChI is InChI=1S/C21H22ClN3O/c1-15(2)11-12-23-21(26)20-14-19(16-7-4-3-5-8-16)24-25(20)18-10-6-9-17(22)13-18/h3-10,13-15H,11-12H2,1-2H3,(H,23,26). The van der Waals surface area contributed by atoms with Gasteiger partial charge in [0.15, 0.2) is 0 Å². The second-order valence-corrected chi connectivity index (χ2v) is 7.05. The van der Waals surface area contributed by atoms with E-state index in [0.717, 1.165) is 23.4 Å². The number of carbonyl (C=O) groups excluding carboxylic acids is 1. The van der Waals surface area contributed by atoms with Crippen LogP contribution in [-0.2, 0) is 0 Å². The van der Waals surface area contributed by atoms with Crippen LogP contribution in [0.25, 0.3) is 16.9 Å². The zero-order valence-corrected chi connectivity index (χ0v) is 15.7. The molecule has 0 unspecified atom stereocenters. The fourth-order valence-electron chi connectivity index (χ4n) is 2.66. The summed E-state index contributed by atoms with van der Waals surface area (Å²) in [5.41, 5.74) is 2.97. The fraction of sp³-hybridized carbons (Fsp3) is 0.238. The Morgan fingerprint density at radius 1 is 1.12 bits per heavy atom. The molecule has 0 aliphatic rings. The number of aromatic nitrogens is 2. The van der Waals surface area contributed by atoms with Crippen LogP contribution < -0.4 is 5.32 Å². The summed E-state index contributed by atoms with van der Waals surface area (Å²) in [6.45, 7) is 4.91. The first kappa shape index (κ1) is 18.2. The summed E-state index contributed by atoms with van der Waals surface area (Å²) in [4.78, 5) is 12.7. The van der Waals surface area contributed by atoms with Crippen LogP contribution in [0.3, 0.4) is 0 Å². The molecule has 1 amide bonds. The predicted octanol–water partition coefficient (Wildman–Crippen LogP) is 4.97. The Kier molecular flexibility index (Phi) is 5.74. The first-order valence-corrected chi connectivity index (χ1v) is 9.12. The van der Waals surface area contributed by atoms with Crippen LogP contribution >= 0.6 is 11.6 Å². The maximum Gasteiger partial charge on any atom is 0.270 e. The molecule has 26 heavy (non-hydrogen) atoms. The minimum Gasteiger partial charge on any atom is -0.351 e. The second-order valence-electron chi connectivity index (χ2n) is 6.61. The van der Waals surface area contributed by atoms with E-state index in [1.807, 2.05) is 48.5 Å². The largest absolute Gasteiger partial charge is 0.351 e. The average Bonchev–Trinajstić information content (AvgIpc) is 3.07. The van der Waals surface area contributed by atoms with E-state index >= 15 is 0 Å². The molecule has 5 heteroatoms. The topological polar surface area (TPSA) is 46.9 Å². The number of rotatable bonds is 6. The van der Waals surface area contributed by atoms with Crippen molar-refractivity contribution in [2.24, 2.45) is 5.92 Å². The maximum atomic E-state index is 12.7. The zero-order valence-electron chi connectivity index (χ0n) is 14.9. The molecular formula is C21H22ClN3O. The summed E-state index contributed by atoms with van der Waals surface area (Å²) in [6, 6.07) is 19.0. The number of carbonyl (C=O) groups is 1. The third-order valence-corrected chi connectivity index (χ3v) is 4.31. The van der Waals surface area contributed by atoms with Crippen LogP contribution in [0.2, 0.25) is 5.02 Å². The van der Waals surface area contributed by atoms with E-state index in [2.05, 4.69) is 24.3 Å². The van der Waals surface area contributed by atoms with Crippen molar-refractivity contribution < 1.29 is 4.79 Å². The fourth-order valence-corrected chi connectivity index (χ4v) is 2.85. The number of hydrogen-bond acceptors (Lipinski definition) is 2. The van der Waals surface area contributed by atoms with Gasteiger partial charge in [0.1, 0.15) is 5.69 Å². The van der Waals surface area contributed by atoms with Crippen molar-refractivity contribution in [1.29, 1.82) is 0 Å². The van der Waals surface area contributed by atoms with Crippen LogP contribution in [0.5, 0.6) is 0 Å². The van der Waals surface area contributed by atoms with Crippen molar-refractivity contribution in [2.45, 2.75) is 20.3 Å². The van der Waals surface area contributed by atoms with E-state index in [1.54, 1.807) is 16.8 Å². The van der Waals surface area contributed by atoms with Crippen LogP contribution in [-0.4, -0.2) is 22.2 Å². The van der Waals surface area contributed by atoms with Gasteiger partial charge < -0.3 is 5.32 Å². The summed E-state index contributed by atoms with van der Waals surface area (Å²) in [6.07, 6.45) is 0.933. The van der Waals surface area contributed by atoms with Gasteiger partial charge in [0, 0.05) is 17.1 Å². The number of hydrogen-bond donors (Lipinski definition) is 1. The van der Waals surface area contributed by atoms with Crippen molar-refractivity contribution in [3.05, 3.63) is 71.4 Å². The van der Waals surface area contributed by atoms with Gasteiger partial charge >= 0.3 is 0 Å². The Hall–Kier alpha value is -2.59.